The molecule has 0 aromatic heterocycles. The van der Waals surface area contributed by atoms with Crippen LogP contribution >= 0.6 is 15.9 Å². The van der Waals surface area contributed by atoms with Crippen LogP contribution in [-0.2, 0) is 0 Å². The van der Waals surface area contributed by atoms with Crippen molar-refractivity contribution in [1.82, 2.24) is 5.43 Å². The van der Waals surface area contributed by atoms with Crippen LogP contribution in [0, 0.1) is 0 Å². The highest BCUT2D eigenvalue weighted by molar-refractivity contribution is 9.12. The van der Waals surface area contributed by atoms with Gasteiger partial charge in [-0.05, 0) is 60.5 Å². The minimum atomic E-state index is -0.383. The van der Waals surface area contributed by atoms with Gasteiger partial charge in [-0.2, -0.15) is 5.10 Å². The van der Waals surface area contributed by atoms with E-state index in [1.165, 1.54) is 6.21 Å². The summed E-state index contributed by atoms with van der Waals surface area (Å²) < 4.78 is 17.6. The van der Waals surface area contributed by atoms with Crippen LogP contribution in [-0.4, -0.2) is 31.9 Å². The molecule has 29 heavy (non-hydrogen) atoms. The van der Waals surface area contributed by atoms with Crippen LogP contribution in [0.25, 0.3) is 6.08 Å². The zero-order valence-corrected chi connectivity index (χ0v) is 18.4. The number of halogens is 1. The lowest BCUT2D eigenvalue weighted by molar-refractivity contribution is 0.0954. The highest BCUT2D eigenvalue weighted by Gasteiger charge is 2.18. The number of carbonyl (C=O) groups is 1. The van der Waals surface area contributed by atoms with E-state index in [0.29, 0.717) is 42.6 Å². The summed E-state index contributed by atoms with van der Waals surface area (Å²) in [4.78, 5) is 12.6. The summed E-state index contributed by atoms with van der Waals surface area (Å²) in [6.07, 6.45) is 3.42. The lowest BCUT2D eigenvalue weighted by Crippen LogP contribution is -2.18. The molecule has 0 aliphatic carbocycles. The second-order valence-corrected chi connectivity index (χ2v) is 6.66. The highest BCUT2D eigenvalue weighted by Crippen LogP contribution is 2.39. The predicted octanol–water partition coefficient (Wildman–Crippen LogP) is 5.03. The molecule has 0 heterocycles. The summed E-state index contributed by atoms with van der Waals surface area (Å²) in [6, 6.07) is 13.0. The molecular weight excluding hydrogens is 436 g/mol. The summed E-state index contributed by atoms with van der Waals surface area (Å²) >= 11 is 3.42. The van der Waals surface area contributed by atoms with E-state index in [-0.39, 0.29) is 5.91 Å². The van der Waals surface area contributed by atoms with Gasteiger partial charge in [0, 0.05) is 10.0 Å². The maximum absolute atomic E-state index is 12.6. The number of amides is 1. The fourth-order valence-corrected chi connectivity index (χ4v) is 2.85. The number of hydrogen-bond donors (Lipinski definition) is 1. The first-order chi connectivity index (χ1) is 14.1. The molecule has 0 unspecified atom stereocenters. The van der Waals surface area contributed by atoms with Crippen molar-refractivity contribution in [3.8, 4) is 17.2 Å². The number of allylic oxidation sites excluding steroid dienone is 1. The largest absolute Gasteiger partial charge is 0.490 e. The third-order valence-corrected chi connectivity index (χ3v) is 4.06. The number of nitrogens with zero attached hydrogens (tertiary/aromatic N) is 1. The van der Waals surface area contributed by atoms with Crippen LogP contribution in [0.5, 0.6) is 17.2 Å². The van der Waals surface area contributed by atoms with Gasteiger partial charge in [0.05, 0.1) is 26.0 Å². The monoisotopic (exact) mass is 460 g/mol. The van der Waals surface area contributed by atoms with Gasteiger partial charge in [0.15, 0.2) is 11.5 Å². The van der Waals surface area contributed by atoms with Crippen molar-refractivity contribution in [3.63, 3.8) is 0 Å². The standard InChI is InChI=1S/C22H25BrN2O4/c1-4-27-19-13-17(14-20(28-5-2)21(19)29-6-3)22(26)25-24-15-18(23)12-16-10-8-7-9-11-16/h7-15H,4-6H2,1-3H3,(H,25,26)/b18-12-,24-15?. The number of ether oxygens (including phenoxy) is 3. The normalized spacial score (nSPS) is 11.4. The molecule has 6 nitrogen and oxygen atoms in total. The van der Waals surface area contributed by atoms with Gasteiger partial charge in [-0.3, -0.25) is 4.79 Å². The summed E-state index contributed by atoms with van der Waals surface area (Å²) in [7, 11) is 0. The summed E-state index contributed by atoms with van der Waals surface area (Å²) in [5.41, 5.74) is 3.90. The van der Waals surface area contributed by atoms with E-state index in [0.717, 1.165) is 10.0 Å². The van der Waals surface area contributed by atoms with E-state index >= 15 is 0 Å². The molecule has 1 amide bonds. The summed E-state index contributed by atoms with van der Waals surface area (Å²) in [5.74, 6) is 1.02. The fraction of sp³-hybridized carbons (Fsp3) is 0.273. The smallest absolute Gasteiger partial charge is 0.271 e. The van der Waals surface area contributed by atoms with Crippen molar-refractivity contribution in [2.45, 2.75) is 20.8 Å². The SMILES string of the molecule is CCOc1cc(C(=O)NN=C/C(Br)=C/c2ccccc2)cc(OCC)c1OCC. The molecule has 2 aromatic carbocycles. The summed E-state index contributed by atoms with van der Waals surface area (Å²) in [5, 5.41) is 4.00. The van der Waals surface area contributed by atoms with Gasteiger partial charge >= 0.3 is 0 Å². The number of carbonyl (C=O) groups excluding carboxylic acids is 1. The molecule has 7 heteroatoms. The number of rotatable bonds is 10. The van der Waals surface area contributed by atoms with Gasteiger partial charge in [0.2, 0.25) is 5.75 Å². The molecular formula is C22H25BrN2O4. The Morgan fingerprint density at radius 2 is 1.59 bits per heavy atom. The zero-order chi connectivity index (χ0) is 21.1. The van der Waals surface area contributed by atoms with E-state index in [4.69, 9.17) is 14.2 Å². The topological polar surface area (TPSA) is 69.2 Å². The van der Waals surface area contributed by atoms with Crippen LogP contribution < -0.4 is 19.6 Å². The summed E-state index contributed by atoms with van der Waals surface area (Å²) in [6.45, 7) is 6.94. The molecule has 0 fully saturated rings. The Morgan fingerprint density at radius 3 is 2.14 bits per heavy atom. The molecule has 154 valence electrons. The second kappa shape index (κ2) is 11.9. The molecule has 0 atom stereocenters. The molecule has 0 aliphatic rings. The average molecular weight is 461 g/mol. The minimum absolute atomic E-state index is 0.362. The van der Waals surface area contributed by atoms with E-state index in [1.807, 2.05) is 57.2 Å². The van der Waals surface area contributed by atoms with Crippen LogP contribution in [0.1, 0.15) is 36.7 Å². The van der Waals surface area contributed by atoms with Crippen LogP contribution in [0.3, 0.4) is 0 Å². The minimum Gasteiger partial charge on any atom is -0.490 e. The van der Waals surface area contributed by atoms with Crippen molar-refractivity contribution >= 4 is 34.1 Å². The van der Waals surface area contributed by atoms with Crippen LogP contribution in [0.15, 0.2) is 52.0 Å². The van der Waals surface area contributed by atoms with Crippen molar-refractivity contribution in [2.75, 3.05) is 19.8 Å². The van der Waals surface area contributed by atoms with Crippen LogP contribution in [0.2, 0.25) is 0 Å². The molecule has 0 aliphatic heterocycles. The van der Waals surface area contributed by atoms with Gasteiger partial charge in [0.25, 0.3) is 5.91 Å². The lowest BCUT2D eigenvalue weighted by atomic mass is 10.1. The van der Waals surface area contributed by atoms with Crippen LogP contribution in [0.4, 0.5) is 0 Å². The first-order valence-electron chi connectivity index (χ1n) is 9.41. The van der Waals surface area contributed by atoms with Gasteiger partial charge in [-0.15, -0.1) is 0 Å². The predicted molar refractivity (Wildman–Crippen MR) is 119 cm³/mol. The Hall–Kier alpha value is -2.80. The van der Waals surface area contributed by atoms with Gasteiger partial charge in [-0.25, -0.2) is 5.43 Å². The first-order valence-corrected chi connectivity index (χ1v) is 10.2. The molecule has 0 saturated heterocycles. The molecule has 2 rings (SSSR count). The fourth-order valence-electron chi connectivity index (χ4n) is 2.48. The van der Waals surface area contributed by atoms with Gasteiger partial charge in [0.1, 0.15) is 0 Å². The van der Waals surface area contributed by atoms with Crippen molar-refractivity contribution in [1.29, 1.82) is 0 Å². The number of nitrogens with one attached hydrogen (secondary N) is 1. The number of benzene rings is 2. The van der Waals surface area contributed by atoms with E-state index in [2.05, 4.69) is 26.5 Å². The average Bonchev–Trinajstić information content (AvgIpc) is 2.71. The van der Waals surface area contributed by atoms with Crippen molar-refractivity contribution in [2.24, 2.45) is 5.10 Å². The molecule has 0 saturated carbocycles. The Balaban J connectivity index is 2.17. The highest BCUT2D eigenvalue weighted by atomic mass is 79.9. The van der Waals surface area contributed by atoms with E-state index in [1.54, 1.807) is 12.1 Å². The zero-order valence-electron chi connectivity index (χ0n) is 16.8. The van der Waals surface area contributed by atoms with E-state index < -0.39 is 0 Å². The molecule has 0 radical (unpaired) electrons. The van der Waals surface area contributed by atoms with Crippen molar-refractivity contribution in [3.05, 3.63) is 58.1 Å². The molecule has 0 spiro atoms. The van der Waals surface area contributed by atoms with Crippen molar-refractivity contribution < 1.29 is 19.0 Å². The lowest BCUT2D eigenvalue weighted by Gasteiger charge is -2.16. The molecule has 1 N–H and O–H groups in total. The maximum Gasteiger partial charge on any atom is 0.271 e. The second-order valence-electron chi connectivity index (χ2n) is 5.74. The first kappa shape index (κ1) is 22.5. The third-order valence-electron chi connectivity index (χ3n) is 3.63. The Labute approximate surface area is 179 Å². The number of hydrazone groups is 1. The Morgan fingerprint density at radius 1 is 1.00 bits per heavy atom. The van der Waals surface area contributed by atoms with Gasteiger partial charge < -0.3 is 14.2 Å². The van der Waals surface area contributed by atoms with E-state index in [9.17, 15) is 4.79 Å². The Kier molecular flexibility index (Phi) is 9.24. The quantitative estimate of drug-likeness (QED) is 0.398. The number of hydrogen-bond acceptors (Lipinski definition) is 5. The third kappa shape index (κ3) is 6.94. The van der Waals surface area contributed by atoms with Gasteiger partial charge in [-0.1, -0.05) is 30.3 Å². The maximum atomic E-state index is 12.6. The molecule has 2 aromatic rings. The Bertz CT molecular complexity index is 839. The molecule has 0 bridgehead atoms.